The zero-order valence-electron chi connectivity index (χ0n) is 15.8. The second-order valence-electron chi connectivity index (χ2n) is 6.25. The standard InChI is InChI=1S/C18H23N5O3S2.HI/c1-19-18(20-8-9-22-28(25,26)17-7-4-10-27-17)21-12-13-11-16(24)23-15-6-3-2-5-14(13)15;/h2-7,10,13,22H,8-9,11-12H2,1H3,(H,23,24)(H2,19,20,21);1H. The Bertz CT molecular complexity index is 948. The van der Waals surface area contributed by atoms with E-state index < -0.39 is 10.0 Å². The number of thiophene rings is 1. The summed E-state index contributed by atoms with van der Waals surface area (Å²) < 4.78 is 27.0. The van der Waals surface area contributed by atoms with Gasteiger partial charge in [0.05, 0.1) is 0 Å². The summed E-state index contributed by atoms with van der Waals surface area (Å²) in [4.78, 5) is 16.1. The molecule has 3 rings (SSSR count). The lowest BCUT2D eigenvalue weighted by Crippen LogP contribution is -2.43. The molecule has 0 saturated heterocycles. The first-order valence-corrected chi connectivity index (χ1v) is 11.2. The van der Waals surface area contributed by atoms with Crippen LogP contribution in [0.1, 0.15) is 17.9 Å². The summed E-state index contributed by atoms with van der Waals surface area (Å²) in [5, 5.41) is 10.9. The van der Waals surface area contributed by atoms with Crippen LogP contribution in [-0.2, 0) is 14.8 Å². The van der Waals surface area contributed by atoms with Gasteiger partial charge in [0.15, 0.2) is 5.96 Å². The lowest BCUT2D eigenvalue weighted by molar-refractivity contribution is -0.116. The lowest BCUT2D eigenvalue weighted by Gasteiger charge is -2.26. The topological polar surface area (TPSA) is 112 Å². The van der Waals surface area contributed by atoms with E-state index in [1.807, 2.05) is 24.3 Å². The van der Waals surface area contributed by atoms with E-state index in [9.17, 15) is 13.2 Å². The average molecular weight is 549 g/mol. The van der Waals surface area contributed by atoms with Gasteiger partial charge in [0.25, 0.3) is 0 Å². The number of carbonyl (C=O) groups is 1. The lowest BCUT2D eigenvalue weighted by atomic mass is 9.90. The molecule has 1 aliphatic heterocycles. The van der Waals surface area contributed by atoms with E-state index in [4.69, 9.17) is 0 Å². The van der Waals surface area contributed by atoms with Gasteiger partial charge in [0.2, 0.25) is 15.9 Å². The predicted octanol–water partition coefficient (Wildman–Crippen LogP) is 1.94. The van der Waals surface area contributed by atoms with Crippen LogP contribution in [0.2, 0.25) is 0 Å². The van der Waals surface area contributed by atoms with Crippen molar-refractivity contribution in [3.63, 3.8) is 0 Å². The molecule has 1 aliphatic rings. The van der Waals surface area contributed by atoms with Crippen LogP contribution in [0.3, 0.4) is 0 Å². The van der Waals surface area contributed by atoms with Gasteiger partial charge in [0.1, 0.15) is 4.21 Å². The van der Waals surface area contributed by atoms with Gasteiger partial charge in [-0.3, -0.25) is 9.79 Å². The fraction of sp³-hybridized carbons (Fsp3) is 0.333. The minimum Gasteiger partial charge on any atom is -0.356 e. The number of nitrogens with one attached hydrogen (secondary N) is 4. The molecule has 1 unspecified atom stereocenters. The monoisotopic (exact) mass is 549 g/mol. The Balaban J connectivity index is 0.00000300. The summed E-state index contributed by atoms with van der Waals surface area (Å²) >= 11 is 1.18. The van der Waals surface area contributed by atoms with Crippen molar-refractivity contribution in [2.75, 3.05) is 32.0 Å². The number of amides is 1. The van der Waals surface area contributed by atoms with Gasteiger partial charge in [-0.1, -0.05) is 24.3 Å². The molecule has 0 saturated carbocycles. The number of anilines is 1. The van der Waals surface area contributed by atoms with E-state index in [2.05, 4.69) is 25.7 Å². The first-order valence-electron chi connectivity index (χ1n) is 8.86. The molecule has 8 nitrogen and oxygen atoms in total. The van der Waals surface area contributed by atoms with E-state index in [-0.39, 0.29) is 42.3 Å². The van der Waals surface area contributed by atoms with Gasteiger partial charge in [0, 0.05) is 44.7 Å². The maximum absolute atomic E-state index is 12.1. The van der Waals surface area contributed by atoms with Crippen LogP contribution in [0.4, 0.5) is 5.69 Å². The molecule has 1 atom stereocenters. The Hall–Kier alpha value is -1.70. The molecule has 1 amide bonds. The summed E-state index contributed by atoms with van der Waals surface area (Å²) in [6, 6.07) is 11.0. The van der Waals surface area contributed by atoms with Crippen molar-refractivity contribution in [3.05, 3.63) is 47.3 Å². The number of halogens is 1. The molecule has 11 heteroatoms. The van der Waals surface area contributed by atoms with E-state index >= 15 is 0 Å². The Morgan fingerprint density at radius 3 is 2.72 bits per heavy atom. The molecule has 0 bridgehead atoms. The summed E-state index contributed by atoms with van der Waals surface area (Å²) in [5.41, 5.74) is 1.94. The quantitative estimate of drug-likeness (QED) is 0.183. The molecule has 0 spiro atoms. The van der Waals surface area contributed by atoms with Gasteiger partial charge >= 0.3 is 0 Å². The van der Waals surface area contributed by atoms with Crippen molar-refractivity contribution < 1.29 is 13.2 Å². The highest BCUT2D eigenvalue weighted by Gasteiger charge is 2.24. The molecule has 2 heterocycles. The van der Waals surface area contributed by atoms with Crippen LogP contribution in [0, 0.1) is 0 Å². The van der Waals surface area contributed by atoms with Crippen molar-refractivity contribution in [2.24, 2.45) is 4.99 Å². The van der Waals surface area contributed by atoms with Gasteiger partial charge in [-0.2, -0.15) is 0 Å². The van der Waals surface area contributed by atoms with E-state index in [1.165, 1.54) is 11.3 Å². The summed E-state index contributed by atoms with van der Waals surface area (Å²) in [6.07, 6.45) is 0.404. The maximum atomic E-state index is 12.1. The van der Waals surface area contributed by atoms with E-state index in [1.54, 1.807) is 24.6 Å². The number of para-hydroxylation sites is 1. The molecule has 0 fully saturated rings. The number of nitrogens with zero attached hydrogens (tertiary/aromatic N) is 1. The highest BCUT2D eigenvalue weighted by molar-refractivity contribution is 14.0. The number of rotatable bonds is 7. The molecule has 4 N–H and O–H groups in total. The fourth-order valence-electron chi connectivity index (χ4n) is 2.98. The number of carbonyl (C=O) groups excluding carboxylic acids is 1. The van der Waals surface area contributed by atoms with Gasteiger partial charge in [-0.25, -0.2) is 13.1 Å². The minimum absolute atomic E-state index is 0. The Morgan fingerprint density at radius 1 is 1.21 bits per heavy atom. The van der Waals surface area contributed by atoms with Gasteiger partial charge in [-0.15, -0.1) is 35.3 Å². The molecular formula is C18H24IN5O3S2. The number of hydrogen-bond acceptors (Lipinski definition) is 5. The predicted molar refractivity (Wildman–Crippen MR) is 127 cm³/mol. The zero-order valence-corrected chi connectivity index (χ0v) is 19.8. The summed E-state index contributed by atoms with van der Waals surface area (Å²) in [7, 11) is -1.82. The Labute approximate surface area is 191 Å². The molecule has 1 aromatic heterocycles. The third-order valence-corrected chi connectivity index (χ3v) is 7.17. The Kier molecular flexibility index (Phi) is 8.86. The zero-order chi connectivity index (χ0) is 20.0. The Morgan fingerprint density at radius 2 is 2.00 bits per heavy atom. The van der Waals surface area contributed by atoms with Crippen LogP contribution in [0.5, 0.6) is 0 Å². The van der Waals surface area contributed by atoms with Crippen molar-refractivity contribution in [3.8, 4) is 0 Å². The molecule has 2 aromatic rings. The van der Waals surface area contributed by atoms with Crippen molar-refractivity contribution >= 4 is 62.9 Å². The van der Waals surface area contributed by atoms with E-state index in [0.29, 0.717) is 29.7 Å². The molecule has 158 valence electrons. The first-order chi connectivity index (χ1) is 13.5. The van der Waals surface area contributed by atoms with Crippen LogP contribution in [0.15, 0.2) is 51.0 Å². The average Bonchev–Trinajstić information content (AvgIpc) is 3.23. The number of fused-ring (bicyclic) bond motifs is 1. The maximum Gasteiger partial charge on any atom is 0.250 e. The molecule has 0 radical (unpaired) electrons. The molecular weight excluding hydrogens is 525 g/mol. The highest BCUT2D eigenvalue weighted by Crippen LogP contribution is 2.31. The van der Waals surface area contributed by atoms with E-state index in [0.717, 1.165) is 11.3 Å². The number of hydrogen-bond donors (Lipinski definition) is 4. The fourth-order valence-corrected chi connectivity index (χ4v) is 5.05. The van der Waals surface area contributed by atoms with Crippen molar-refractivity contribution in [1.29, 1.82) is 0 Å². The largest absolute Gasteiger partial charge is 0.356 e. The van der Waals surface area contributed by atoms with Crippen molar-refractivity contribution in [2.45, 2.75) is 16.5 Å². The number of guanidine groups is 1. The second-order valence-corrected chi connectivity index (χ2v) is 9.19. The van der Waals surface area contributed by atoms with Crippen LogP contribution < -0.4 is 20.7 Å². The van der Waals surface area contributed by atoms with Crippen LogP contribution >= 0.6 is 35.3 Å². The summed E-state index contributed by atoms with van der Waals surface area (Å²) in [6.45, 7) is 1.16. The SMILES string of the molecule is CN=C(NCCNS(=O)(=O)c1cccs1)NCC1CC(=O)Nc2ccccc21.I. The highest BCUT2D eigenvalue weighted by atomic mass is 127. The second kappa shape index (κ2) is 10.9. The third-order valence-electron chi connectivity index (χ3n) is 4.32. The molecule has 29 heavy (non-hydrogen) atoms. The molecule has 1 aromatic carbocycles. The molecule has 0 aliphatic carbocycles. The first kappa shape index (κ1) is 23.6. The number of aliphatic imine (C=N–C) groups is 1. The van der Waals surface area contributed by atoms with Gasteiger partial charge in [-0.05, 0) is 23.1 Å². The minimum atomic E-state index is -3.47. The number of benzene rings is 1. The normalized spacial score (nSPS) is 16.4. The summed E-state index contributed by atoms with van der Waals surface area (Å²) in [5.74, 6) is 0.594. The van der Waals surface area contributed by atoms with Crippen LogP contribution in [-0.4, -0.2) is 47.0 Å². The van der Waals surface area contributed by atoms with Crippen molar-refractivity contribution in [1.82, 2.24) is 15.4 Å². The van der Waals surface area contributed by atoms with Gasteiger partial charge < -0.3 is 16.0 Å². The smallest absolute Gasteiger partial charge is 0.250 e. The number of sulfonamides is 1. The van der Waals surface area contributed by atoms with Crippen LogP contribution in [0.25, 0.3) is 0 Å². The third kappa shape index (κ3) is 6.39.